The minimum atomic E-state index is 0.567. The third-order valence-corrected chi connectivity index (χ3v) is 3.78. The second-order valence-corrected chi connectivity index (χ2v) is 5.23. The number of morpholine rings is 1. The smallest absolute Gasteiger partial charge is 0.133 e. The maximum absolute atomic E-state index is 6.18. The van der Waals surface area contributed by atoms with Gasteiger partial charge in [-0.25, -0.2) is 4.98 Å². The number of piperazine rings is 1. The number of hydrogen-bond acceptors (Lipinski definition) is 5. The van der Waals surface area contributed by atoms with Crippen LogP contribution in [-0.2, 0) is 4.74 Å². The Morgan fingerprint density at radius 1 is 1.05 bits per heavy atom. The zero-order valence-corrected chi connectivity index (χ0v) is 11.7. The Labute approximate surface area is 118 Å². The van der Waals surface area contributed by atoms with Gasteiger partial charge >= 0.3 is 0 Å². The first-order valence-electron chi connectivity index (χ1n) is 6.79. The second kappa shape index (κ2) is 5.94. The van der Waals surface area contributed by atoms with Crippen molar-refractivity contribution in [3.8, 4) is 0 Å². The number of nitrogens with zero attached hydrogens (tertiary/aromatic N) is 3. The zero-order valence-electron chi connectivity index (χ0n) is 10.9. The topological polar surface area (TPSA) is 40.6 Å². The van der Waals surface area contributed by atoms with Gasteiger partial charge in [0.05, 0.1) is 13.2 Å². The van der Waals surface area contributed by atoms with E-state index in [0.29, 0.717) is 5.15 Å². The van der Waals surface area contributed by atoms with E-state index >= 15 is 0 Å². The summed E-state index contributed by atoms with van der Waals surface area (Å²) < 4.78 is 5.38. The summed E-state index contributed by atoms with van der Waals surface area (Å²) in [6.45, 7) is 7.36. The number of halogens is 1. The van der Waals surface area contributed by atoms with E-state index in [1.165, 1.54) is 5.69 Å². The third kappa shape index (κ3) is 3.11. The fourth-order valence-corrected chi connectivity index (χ4v) is 2.73. The Morgan fingerprint density at radius 3 is 2.53 bits per heavy atom. The predicted octanol–water partition coefficient (Wildman–Crippen LogP) is 0.981. The Hall–Kier alpha value is -1.04. The lowest BCUT2D eigenvalue weighted by Crippen LogP contribution is -2.43. The van der Waals surface area contributed by atoms with Gasteiger partial charge in [0.15, 0.2) is 0 Å². The highest BCUT2D eigenvalue weighted by molar-refractivity contribution is 6.29. The van der Waals surface area contributed by atoms with Crippen LogP contribution in [0.1, 0.15) is 0 Å². The monoisotopic (exact) mass is 282 g/mol. The molecule has 2 fully saturated rings. The predicted molar refractivity (Wildman–Crippen MR) is 77.4 cm³/mol. The van der Waals surface area contributed by atoms with E-state index in [1.807, 2.05) is 6.07 Å². The number of ether oxygens (including phenoxy) is 1. The van der Waals surface area contributed by atoms with Crippen molar-refractivity contribution in [2.24, 2.45) is 0 Å². The molecular formula is C13H19ClN4O. The third-order valence-electron chi connectivity index (χ3n) is 3.58. The number of aromatic nitrogens is 1. The van der Waals surface area contributed by atoms with Crippen LogP contribution in [0.2, 0.25) is 5.15 Å². The fourth-order valence-electron chi connectivity index (χ4n) is 2.53. The standard InChI is InChI=1S/C13H19ClN4O/c14-12-9-11(17-3-1-15-2-4-17)10-13(16-12)18-5-7-19-8-6-18/h9-10,15H,1-8H2. The van der Waals surface area contributed by atoms with E-state index in [-0.39, 0.29) is 0 Å². The first kappa shape index (κ1) is 13.0. The van der Waals surface area contributed by atoms with Crippen molar-refractivity contribution < 1.29 is 4.74 Å². The van der Waals surface area contributed by atoms with E-state index in [1.54, 1.807) is 0 Å². The number of nitrogens with one attached hydrogen (secondary N) is 1. The highest BCUT2D eigenvalue weighted by atomic mass is 35.5. The van der Waals surface area contributed by atoms with Gasteiger partial charge in [0.1, 0.15) is 11.0 Å². The molecule has 0 unspecified atom stereocenters. The fraction of sp³-hybridized carbons (Fsp3) is 0.615. The van der Waals surface area contributed by atoms with Crippen LogP contribution in [0, 0.1) is 0 Å². The van der Waals surface area contributed by atoms with Crippen molar-refractivity contribution in [3.63, 3.8) is 0 Å². The van der Waals surface area contributed by atoms with Crippen LogP contribution in [0.5, 0.6) is 0 Å². The van der Waals surface area contributed by atoms with Crippen molar-refractivity contribution >= 4 is 23.1 Å². The summed E-state index contributed by atoms with van der Waals surface area (Å²) in [5.74, 6) is 0.962. The molecule has 104 valence electrons. The minimum Gasteiger partial charge on any atom is -0.378 e. The van der Waals surface area contributed by atoms with Crippen molar-refractivity contribution in [2.75, 3.05) is 62.3 Å². The molecule has 0 aliphatic carbocycles. The molecule has 1 aromatic heterocycles. The Kier molecular flexibility index (Phi) is 4.06. The molecule has 1 aromatic rings. The Bertz CT molecular complexity index is 394. The van der Waals surface area contributed by atoms with E-state index in [2.05, 4.69) is 26.2 Å². The number of hydrogen-bond donors (Lipinski definition) is 1. The van der Waals surface area contributed by atoms with Gasteiger partial charge in [0.25, 0.3) is 0 Å². The van der Waals surface area contributed by atoms with Crippen molar-refractivity contribution in [1.82, 2.24) is 10.3 Å². The SMILES string of the molecule is Clc1cc(N2CCNCC2)cc(N2CCOCC2)n1. The summed E-state index contributed by atoms with van der Waals surface area (Å²) in [6.07, 6.45) is 0. The van der Waals surface area contributed by atoms with Gasteiger partial charge < -0.3 is 19.9 Å². The summed E-state index contributed by atoms with van der Waals surface area (Å²) in [5, 5.41) is 3.93. The highest BCUT2D eigenvalue weighted by Gasteiger charge is 2.17. The van der Waals surface area contributed by atoms with Crippen LogP contribution in [0.4, 0.5) is 11.5 Å². The molecule has 6 heteroatoms. The molecule has 0 bridgehead atoms. The summed E-state index contributed by atoms with van der Waals surface area (Å²) in [7, 11) is 0. The minimum absolute atomic E-state index is 0.567. The Morgan fingerprint density at radius 2 is 1.79 bits per heavy atom. The van der Waals surface area contributed by atoms with Crippen molar-refractivity contribution in [1.29, 1.82) is 0 Å². The van der Waals surface area contributed by atoms with Gasteiger partial charge in [0.2, 0.25) is 0 Å². The molecule has 5 nitrogen and oxygen atoms in total. The molecule has 3 heterocycles. The van der Waals surface area contributed by atoms with Crippen molar-refractivity contribution in [3.05, 3.63) is 17.3 Å². The highest BCUT2D eigenvalue weighted by Crippen LogP contribution is 2.25. The maximum atomic E-state index is 6.18. The van der Waals surface area contributed by atoms with E-state index in [4.69, 9.17) is 16.3 Å². The molecule has 0 spiro atoms. The van der Waals surface area contributed by atoms with E-state index in [9.17, 15) is 0 Å². The number of anilines is 2. The summed E-state index contributed by atoms with van der Waals surface area (Å²) in [6, 6.07) is 4.10. The molecule has 2 aliphatic heterocycles. The lowest BCUT2D eigenvalue weighted by atomic mass is 10.2. The Balaban J connectivity index is 1.82. The van der Waals surface area contributed by atoms with Crippen LogP contribution in [0.3, 0.4) is 0 Å². The molecule has 2 saturated heterocycles. The first-order valence-corrected chi connectivity index (χ1v) is 7.17. The molecule has 0 amide bonds. The molecule has 19 heavy (non-hydrogen) atoms. The van der Waals surface area contributed by atoms with Crippen LogP contribution < -0.4 is 15.1 Å². The molecule has 0 atom stereocenters. The average Bonchev–Trinajstić information content (AvgIpc) is 2.48. The number of rotatable bonds is 2. The summed E-state index contributed by atoms with van der Waals surface area (Å²) in [4.78, 5) is 9.04. The first-order chi connectivity index (χ1) is 9.33. The van der Waals surface area contributed by atoms with Crippen molar-refractivity contribution in [2.45, 2.75) is 0 Å². The van der Waals surface area contributed by atoms with E-state index in [0.717, 1.165) is 58.3 Å². The average molecular weight is 283 g/mol. The van der Waals surface area contributed by atoms with Crippen LogP contribution in [0.15, 0.2) is 12.1 Å². The van der Waals surface area contributed by atoms with Gasteiger partial charge in [0, 0.05) is 51.0 Å². The van der Waals surface area contributed by atoms with Crippen LogP contribution in [0.25, 0.3) is 0 Å². The van der Waals surface area contributed by atoms with Gasteiger partial charge in [-0.2, -0.15) is 0 Å². The quantitative estimate of drug-likeness (QED) is 0.819. The van der Waals surface area contributed by atoms with Gasteiger partial charge in [-0.05, 0) is 6.07 Å². The maximum Gasteiger partial charge on any atom is 0.133 e. The van der Waals surface area contributed by atoms with Crippen LogP contribution in [-0.4, -0.2) is 57.5 Å². The van der Waals surface area contributed by atoms with E-state index < -0.39 is 0 Å². The number of pyridine rings is 1. The van der Waals surface area contributed by atoms with Gasteiger partial charge in [-0.15, -0.1) is 0 Å². The molecule has 0 radical (unpaired) electrons. The second-order valence-electron chi connectivity index (χ2n) is 4.84. The van der Waals surface area contributed by atoms with Crippen LogP contribution >= 0.6 is 11.6 Å². The lowest BCUT2D eigenvalue weighted by molar-refractivity contribution is 0.122. The summed E-state index contributed by atoms with van der Waals surface area (Å²) in [5.41, 5.74) is 1.17. The molecule has 3 rings (SSSR count). The molecule has 0 aromatic carbocycles. The zero-order chi connectivity index (χ0) is 13.1. The molecular weight excluding hydrogens is 264 g/mol. The lowest BCUT2D eigenvalue weighted by Gasteiger charge is -2.32. The normalized spacial score (nSPS) is 20.7. The van der Waals surface area contributed by atoms with Gasteiger partial charge in [-0.1, -0.05) is 11.6 Å². The molecule has 2 aliphatic rings. The molecule has 1 N–H and O–H groups in total. The molecule has 0 saturated carbocycles. The summed E-state index contributed by atoms with van der Waals surface area (Å²) >= 11 is 6.18. The largest absolute Gasteiger partial charge is 0.378 e. The van der Waals surface area contributed by atoms with Gasteiger partial charge in [-0.3, -0.25) is 0 Å².